The van der Waals surface area contributed by atoms with Crippen molar-refractivity contribution in [3.05, 3.63) is 29.3 Å². The fraction of sp³-hybridized carbons (Fsp3) is 0.600. The standard InChI is InChI=1S/C15H21NO/c1-11(2)16-9-4-7-14(16)13-6-3-5-12-8-10-17-15(12)13/h3,5-6,11,14H,4,7-10H2,1-2H3. The first kappa shape index (κ1) is 11.1. The van der Waals surface area contributed by atoms with Gasteiger partial charge in [0.05, 0.1) is 6.61 Å². The highest BCUT2D eigenvalue weighted by atomic mass is 16.5. The molecule has 0 amide bonds. The molecule has 0 N–H and O–H groups in total. The molecular weight excluding hydrogens is 210 g/mol. The maximum atomic E-state index is 5.84. The first-order chi connectivity index (χ1) is 8.27. The predicted octanol–water partition coefficient (Wildman–Crippen LogP) is 3.17. The molecule has 2 heterocycles. The number of benzene rings is 1. The van der Waals surface area contributed by atoms with Gasteiger partial charge < -0.3 is 4.74 Å². The Labute approximate surface area is 104 Å². The maximum absolute atomic E-state index is 5.84. The summed E-state index contributed by atoms with van der Waals surface area (Å²) in [6.45, 7) is 6.68. The van der Waals surface area contributed by atoms with Gasteiger partial charge in [-0.05, 0) is 38.8 Å². The fourth-order valence-electron chi connectivity index (χ4n) is 3.24. The first-order valence-corrected chi connectivity index (χ1v) is 6.77. The van der Waals surface area contributed by atoms with E-state index >= 15 is 0 Å². The highest BCUT2D eigenvalue weighted by Gasteiger charge is 2.31. The van der Waals surface area contributed by atoms with Crippen LogP contribution in [0.25, 0.3) is 0 Å². The number of nitrogens with zero attached hydrogens (tertiary/aromatic N) is 1. The molecule has 1 saturated heterocycles. The van der Waals surface area contributed by atoms with Crippen LogP contribution in [0.15, 0.2) is 18.2 Å². The number of rotatable bonds is 2. The Kier molecular flexibility index (Phi) is 2.83. The van der Waals surface area contributed by atoms with E-state index in [1.807, 2.05) is 0 Å². The molecule has 3 rings (SSSR count). The summed E-state index contributed by atoms with van der Waals surface area (Å²) < 4.78 is 5.84. The van der Waals surface area contributed by atoms with Crippen molar-refractivity contribution in [1.29, 1.82) is 0 Å². The van der Waals surface area contributed by atoms with E-state index in [2.05, 4.69) is 36.9 Å². The zero-order chi connectivity index (χ0) is 11.8. The van der Waals surface area contributed by atoms with Crippen LogP contribution in [0.1, 0.15) is 43.9 Å². The zero-order valence-corrected chi connectivity index (χ0v) is 10.8. The lowest BCUT2D eigenvalue weighted by molar-refractivity contribution is 0.201. The molecule has 0 radical (unpaired) electrons. The summed E-state index contributed by atoms with van der Waals surface area (Å²) in [6.07, 6.45) is 3.67. The third-order valence-corrected chi connectivity index (χ3v) is 4.06. The lowest BCUT2D eigenvalue weighted by atomic mass is 9.99. The van der Waals surface area contributed by atoms with E-state index in [1.54, 1.807) is 0 Å². The lowest BCUT2D eigenvalue weighted by Gasteiger charge is -2.29. The van der Waals surface area contributed by atoms with Crippen LogP contribution in [0.4, 0.5) is 0 Å². The van der Waals surface area contributed by atoms with Crippen LogP contribution >= 0.6 is 0 Å². The molecule has 1 unspecified atom stereocenters. The Hall–Kier alpha value is -1.02. The van der Waals surface area contributed by atoms with Crippen LogP contribution in [-0.4, -0.2) is 24.1 Å². The van der Waals surface area contributed by atoms with Crippen molar-refractivity contribution in [2.75, 3.05) is 13.2 Å². The Morgan fingerprint density at radius 3 is 3.06 bits per heavy atom. The number of ether oxygens (including phenoxy) is 1. The minimum Gasteiger partial charge on any atom is -0.493 e. The van der Waals surface area contributed by atoms with Crippen LogP contribution in [0.2, 0.25) is 0 Å². The molecule has 0 aliphatic carbocycles. The fourth-order valence-corrected chi connectivity index (χ4v) is 3.24. The van der Waals surface area contributed by atoms with Gasteiger partial charge in [0.25, 0.3) is 0 Å². The lowest BCUT2D eigenvalue weighted by Crippen LogP contribution is -2.30. The van der Waals surface area contributed by atoms with Crippen LogP contribution in [-0.2, 0) is 6.42 Å². The van der Waals surface area contributed by atoms with E-state index in [-0.39, 0.29) is 0 Å². The van der Waals surface area contributed by atoms with Gasteiger partial charge >= 0.3 is 0 Å². The Balaban J connectivity index is 1.96. The summed E-state index contributed by atoms with van der Waals surface area (Å²) in [5.74, 6) is 1.19. The van der Waals surface area contributed by atoms with Gasteiger partial charge in [0.15, 0.2) is 0 Å². The average Bonchev–Trinajstić information content (AvgIpc) is 2.97. The second-order valence-corrected chi connectivity index (χ2v) is 5.42. The summed E-state index contributed by atoms with van der Waals surface area (Å²) in [5, 5.41) is 0. The van der Waals surface area contributed by atoms with Crippen molar-refractivity contribution in [1.82, 2.24) is 4.90 Å². The minimum atomic E-state index is 0.572. The molecule has 0 saturated carbocycles. The second kappa shape index (κ2) is 4.34. The first-order valence-electron chi connectivity index (χ1n) is 6.77. The minimum absolute atomic E-state index is 0.572. The SMILES string of the molecule is CC(C)N1CCCC1c1cccc2c1OCC2. The van der Waals surface area contributed by atoms with Crippen molar-refractivity contribution in [2.45, 2.75) is 45.2 Å². The molecule has 0 bridgehead atoms. The predicted molar refractivity (Wildman–Crippen MR) is 69.5 cm³/mol. The summed E-state index contributed by atoms with van der Waals surface area (Å²) in [4.78, 5) is 2.61. The number of likely N-dealkylation sites (tertiary alicyclic amines) is 1. The molecule has 2 aliphatic heterocycles. The smallest absolute Gasteiger partial charge is 0.127 e. The largest absolute Gasteiger partial charge is 0.493 e. The van der Waals surface area contributed by atoms with Gasteiger partial charge in [-0.25, -0.2) is 0 Å². The van der Waals surface area contributed by atoms with Crippen LogP contribution in [0.5, 0.6) is 5.75 Å². The van der Waals surface area contributed by atoms with Crippen molar-refractivity contribution in [3.8, 4) is 5.75 Å². The Morgan fingerprint density at radius 1 is 1.35 bits per heavy atom. The van der Waals surface area contributed by atoms with Gasteiger partial charge in [-0.1, -0.05) is 18.2 Å². The summed E-state index contributed by atoms with van der Waals surface area (Å²) in [6, 6.07) is 7.86. The van der Waals surface area contributed by atoms with Gasteiger partial charge in [-0.15, -0.1) is 0 Å². The van der Waals surface area contributed by atoms with Gasteiger partial charge in [-0.3, -0.25) is 4.90 Å². The third-order valence-electron chi connectivity index (χ3n) is 4.06. The number of hydrogen-bond donors (Lipinski definition) is 0. The normalized spacial score (nSPS) is 24.1. The van der Waals surface area contributed by atoms with Gasteiger partial charge in [0.2, 0.25) is 0 Å². The number of fused-ring (bicyclic) bond motifs is 1. The number of hydrogen-bond acceptors (Lipinski definition) is 2. The van der Waals surface area contributed by atoms with Crippen LogP contribution < -0.4 is 4.74 Å². The molecule has 2 heteroatoms. The summed E-state index contributed by atoms with van der Waals surface area (Å²) >= 11 is 0. The summed E-state index contributed by atoms with van der Waals surface area (Å²) in [5.41, 5.74) is 2.82. The van der Waals surface area contributed by atoms with E-state index in [0.717, 1.165) is 13.0 Å². The van der Waals surface area contributed by atoms with Gasteiger partial charge in [-0.2, -0.15) is 0 Å². The van der Waals surface area contributed by atoms with Crippen molar-refractivity contribution in [3.63, 3.8) is 0 Å². The van der Waals surface area contributed by atoms with E-state index in [1.165, 1.54) is 36.3 Å². The van der Waals surface area contributed by atoms with Gasteiger partial charge in [0, 0.05) is 24.1 Å². The highest BCUT2D eigenvalue weighted by Crippen LogP contribution is 2.41. The molecule has 0 aromatic heterocycles. The molecule has 17 heavy (non-hydrogen) atoms. The molecule has 1 aromatic carbocycles. The third kappa shape index (κ3) is 1.85. The molecule has 1 aromatic rings. The van der Waals surface area contributed by atoms with Crippen molar-refractivity contribution in [2.24, 2.45) is 0 Å². The topological polar surface area (TPSA) is 12.5 Å². The zero-order valence-electron chi connectivity index (χ0n) is 10.8. The van der Waals surface area contributed by atoms with E-state index in [0.29, 0.717) is 12.1 Å². The Bertz CT molecular complexity index is 413. The molecule has 2 nitrogen and oxygen atoms in total. The molecule has 2 aliphatic rings. The molecule has 92 valence electrons. The average molecular weight is 231 g/mol. The molecule has 1 fully saturated rings. The Morgan fingerprint density at radius 2 is 2.24 bits per heavy atom. The second-order valence-electron chi connectivity index (χ2n) is 5.42. The maximum Gasteiger partial charge on any atom is 0.127 e. The van der Waals surface area contributed by atoms with E-state index < -0.39 is 0 Å². The van der Waals surface area contributed by atoms with E-state index in [9.17, 15) is 0 Å². The van der Waals surface area contributed by atoms with E-state index in [4.69, 9.17) is 4.74 Å². The van der Waals surface area contributed by atoms with Crippen LogP contribution in [0.3, 0.4) is 0 Å². The highest BCUT2D eigenvalue weighted by molar-refractivity contribution is 5.46. The molecule has 0 spiro atoms. The monoisotopic (exact) mass is 231 g/mol. The molecule has 1 atom stereocenters. The number of para-hydroxylation sites is 1. The van der Waals surface area contributed by atoms with Crippen molar-refractivity contribution < 1.29 is 4.74 Å². The van der Waals surface area contributed by atoms with Gasteiger partial charge in [0.1, 0.15) is 5.75 Å². The quantitative estimate of drug-likeness (QED) is 0.775. The van der Waals surface area contributed by atoms with Crippen LogP contribution in [0, 0.1) is 0 Å². The molecular formula is C15H21NO. The van der Waals surface area contributed by atoms with Crippen molar-refractivity contribution >= 4 is 0 Å². The summed E-state index contributed by atoms with van der Waals surface area (Å²) in [7, 11) is 0.